The van der Waals surface area contributed by atoms with Gasteiger partial charge in [-0.2, -0.15) is 13.2 Å². The van der Waals surface area contributed by atoms with Crippen molar-refractivity contribution in [2.75, 3.05) is 64.4 Å². The first kappa shape index (κ1) is 29.3. The molecule has 1 amide bonds. The molecule has 1 aromatic carbocycles. The summed E-state index contributed by atoms with van der Waals surface area (Å²) >= 11 is 0. The lowest BCUT2D eigenvalue weighted by molar-refractivity contribution is -0.137. The second-order valence-corrected chi connectivity index (χ2v) is 10.5. The van der Waals surface area contributed by atoms with Crippen LogP contribution in [0.15, 0.2) is 48.8 Å². The largest absolute Gasteiger partial charge is 0.416 e. The fraction of sp³-hybridized carbons (Fsp3) is 0.586. The summed E-state index contributed by atoms with van der Waals surface area (Å²) < 4.78 is 44.7. The number of methoxy groups -OCH3 is 1. The van der Waals surface area contributed by atoms with E-state index < -0.39 is 11.7 Å². The Labute approximate surface area is 229 Å². The number of pyridine rings is 1. The molecule has 0 bridgehead atoms. The maximum atomic E-state index is 13.2. The summed E-state index contributed by atoms with van der Waals surface area (Å²) in [5.41, 5.74) is 1.20. The van der Waals surface area contributed by atoms with Crippen LogP contribution >= 0.6 is 0 Å². The molecule has 2 fully saturated rings. The Kier molecular flexibility index (Phi) is 10.6. The van der Waals surface area contributed by atoms with E-state index in [-0.39, 0.29) is 5.91 Å². The molecule has 0 spiro atoms. The summed E-state index contributed by atoms with van der Waals surface area (Å²) in [6.45, 7) is 6.91. The number of hydrogen-bond donors (Lipinski definition) is 1. The van der Waals surface area contributed by atoms with E-state index in [9.17, 15) is 18.0 Å². The van der Waals surface area contributed by atoms with E-state index in [4.69, 9.17) is 4.74 Å². The van der Waals surface area contributed by atoms with Crippen LogP contribution < -0.4 is 10.2 Å². The SMILES string of the molecule is COCCCNC(=O)CC[C@H]1CN(Cc2cccnc2)CC[C@H]1N1CCN(c2cccc(C(F)(F)F)c2)CC1. The average molecular weight is 548 g/mol. The molecule has 2 saturated heterocycles. The van der Waals surface area contributed by atoms with Gasteiger partial charge in [0.25, 0.3) is 0 Å². The summed E-state index contributed by atoms with van der Waals surface area (Å²) in [5, 5.41) is 3.00. The van der Waals surface area contributed by atoms with Gasteiger partial charge in [-0.15, -0.1) is 0 Å². The highest BCUT2D eigenvalue weighted by atomic mass is 19.4. The Morgan fingerprint density at radius 2 is 1.95 bits per heavy atom. The van der Waals surface area contributed by atoms with Gasteiger partial charge in [0.2, 0.25) is 5.91 Å². The van der Waals surface area contributed by atoms with E-state index in [0.717, 1.165) is 58.1 Å². The van der Waals surface area contributed by atoms with E-state index in [1.54, 1.807) is 19.4 Å². The normalized spacial score (nSPS) is 21.2. The number of aromatic nitrogens is 1. The zero-order chi connectivity index (χ0) is 27.7. The van der Waals surface area contributed by atoms with Gasteiger partial charge in [0.15, 0.2) is 0 Å². The van der Waals surface area contributed by atoms with Crippen LogP contribution in [0.3, 0.4) is 0 Å². The van der Waals surface area contributed by atoms with E-state index in [0.29, 0.717) is 50.3 Å². The molecule has 0 aliphatic carbocycles. The lowest BCUT2D eigenvalue weighted by Gasteiger charge is -2.47. The second-order valence-electron chi connectivity index (χ2n) is 10.5. The predicted molar refractivity (Wildman–Crippen MR) is 145 cm³/mol. The van der Waals surface area contributed by atoms with E-state index in [2.05, 4.69) is 26.2 Å². The number of amides is 1. The molecule has 1 N–H and O–H groups in total. The van der Waals surface area contributed by atoms with Gasteiger partial charge in [0, 0.05) is 90.1 Å². The Morgan fingerprint density at radius 3 is 2.67 bits per heavy atom. The number of nitrogens with zero attached hydrogens (tertiary/aromatic N) is 4. The Morgan fingerprint density at radius 1 is 1.13 bits per heavy atom. The molecule has 3 heterocycles. The number of benzene rings is 1. The molecule has 7 nitrogen and oxygen atoms in total. The predicted octanol–water partition coefficient (Wildman–Crippen LogP) is 4.05. The molecule has 2 aromatic rings. The van der Waals surface area contributed by atoms with Crippen LogP contribution in [0.25, 0.3) is 0 Å². The monoisotopic (exact) mass is 547 g/mol. The zero-order valence-electron chi connectivity index (χ0n) is 22.7. The number of alkyl halides is 3. The van der Waals surface area contributed by atoms with Gasteiger partial charge in [-0.25, -0.2) is 0 Å². The molecule has 0 radical (unpaired) electrons. The summed E-state index contributed by atoms with van der Waals surface area (Å²) in [7, 11) is 1.65. The number of carbonyl (C=O) groups is 1. The quantitative estimate of drug-likeness (QED) is 0.429. The second kappa shape index (κ2) is 14.1. The average Bonchev–Trinajstić information content (AvgIpc) is 2.95. The minimum absolute atomic E-state index is 0.0728. The lowest BCUT2D eigenvalue weighted by atomic mass is 9.86. The van der Waals surface area contributed by atoms with Crippen molar-refractivity contribution in [3.8, 4) is 0 Å². The Hall–Kier alpha value is -2.69. The van der Waals surface area contributed by atoms with E-state index >= 15 is 0 Å². The molecule has 1 aromatic heterocycles. The number of likely N-dealkylation sites (tertiary alicyclic amines) is 1. The van der Waals surface area contributed by atoms with Crippen LogP contribution in [0.2, 0.25) is 0 Å². The molecule has 2 aliphatic heterocycles. The van der Waals surface area contributed by atoms with Crippen molar-refractivity contribution in [3.63, 3.8) is 0 Å². The van der Waals surface area contributed by atoms with Gasteiger partial charge in [0.05, 0.1) is 5.56 Å². The smallest absolute Gasteiger partial charge is 0.385 e. The first-order valence-corrected chi connectivity index (χ1v) is 13.9. The molecular formula is C29H40F3N5O2. The first-order chi connectivity index (χ1) is 18.8. The Balaban J connectivity index is 1.36. The third kappa shape index (κ3) is 8.65. The number of anilines is 1. The number of carbonyl (C=O) groups excluding carboxylic acids is 1. The Bertz CT molecular complexity index is 1030. The van der Waals surface area contributed by atoms with Crippen molar-refractivity contribution in [1.29, 1.82) is 0 Å². The van der Waals surface area contributed by atoms with Crippen molar-refractivity contribution in [2.45, 2.75) is 44.4 Å². The maximum Gasteiger partial charge on any atom is 0.416 e. The van der Waals surface area contributed by atoms with Crippen LogP contribution in [0.5, 0.6) is 0 Å². The zero-order valence-corrected chi connectivity index (χ0v) is 22.7. The van der Waals surface area contributed by atoms with Crippen molar-refractivity contribution in [3.05, 3.63) is 59.9 Å². The van der Waals surface area contributed by atoms with Crippen LogP contribution in [0.1, 0.15) is 36.8 Å². The molecule has 39 heavy (non-hydrogen) atoms. The van der Waals surface area contributed by atoms with Gasteiger partial charge in [-0.05, 0) is 61.6 Å². The minimum atomic E-state index is -4.34. The van der Waals surface area contributed by atoms with Crippen LogP contribution in [0, 0.1) is 5.92 Å². The number of hydrogen-bond acceptors (Lipinski definition) is 6. The van der Waals surface area contributed by atoms with E-state index in [1.165, 1.54) is 17.7 Å². The summed E-state index contributed by atoms with van der Waals surface area (Å²) in [5.74, 6) is 0.406. The molecular weight excluding hydrogens is 507 g/mol. The minimum Gasteiger partial charge on any atom is -0.385 e. The molecule has 214 valence electrons. The number of nitrogens with one attached hydrogen (secondary N) is 1. The van der Waals surface area contributed by atoms with Gasteiger partial charge in [0.1, 0.15) is 0 Å². The van der Waals surface area contributed by atoms with Crippen LogP contribution in [-0.2, 0) is 22.3 Å². The number of piperazine rings is 1. The molecule has 2 atom stereocenters. The fourth-order valence-corrected chi connectivity index (χ4v) is 5.79. The highest BCUT2D eigenvalue weighted by Gasteiger charge is 2.35. The van der Waals surface area contributed by atoms with Crippen molar-refractivity contribution in [2.24, 2.45) is 5.92 Å². The standard InChI is InChI=1S/C29H40F3N5O2/c1-39-18-4-12-34-28(38)9-8-24-22-35(21-23-5-3-11-33-20-23)13-10-27(24)37-16-14-36(15-17-37)26-7-2-6-25(19-26)29(30,31)32/h2-3,5-7,11,19-20,24,27H,4,8-10,12-18,21-22H2,1H3,(H,34,38)/t24-,27+/m0/s1. The summed E-state index contributed by atoms with van der Waals surface area (Å²) in [6.07, 6.45) is 2.43. The topological polar surface area (TPSA) is 60.9 Å². The number of rotatable bonds is 11. The van der Waals surface area contributed by atoms with Gasteiger partial charge in [-0.1, -0.05) is 12.1 Å². The van der Waals surface area contributed by atoms with Crippen LogP contribution in [0.4, 0.5) is 18.9 Å². The van der Waals surface area contributed by atoms with Crippen molar-refractivity contribution < 1.29 is 22.7 Å². The lowest BCUT2D eigenvalue weighted by Crippen LogP contribution is -2.56. The van der Waals surface area contributed by atoms with Crippen molar-refractivity contribution >= 4 is 11.6 Å². The third-order valence-corrected chi connectivity index (χ3v) is 7.82. The summed E-state index contributed by atoms with van der Waals surface area (Å²) in [4.78, 5) is 23.8. The third-order valence-electron chi connectivity index (χ3n) is 7.82. The van der Waals surface area contributed by atoms with Gasteiger partial charge in [-0.3, -0.25) is 19.6 Å². The maximum absolute atomic E-state index is 13.2. The summed E-state index contributed by atoms with van der Waals surface area (Å²) in [6, 6.07) is 10.0. The number of piperidine rings is 1. The molecule has 0 unspecified atom stereocenters. The van der Waals surface area contributed by atoms with Gasteiger partial charge >= 0.3 is 6.18 Å². The highest BCUT2D eigenvalue weighted by Crippen LogP contribution is 2.33. The number of halogens is 3. The van der Waals surface area contributed by atoms with Crippen molar-refractivity contribution in [1.82, 2.24) is 20.1 Å². The van der Waals surface area contributed by atoms with Gasteiger partial charge < -0.3 is 15.0 Å². The van der Waals surface area contributed by atoms with E-state index in [1.807, 2.05) is 17.2 Å². The molecule has 4 rings (SSSR count). The van der Waals surface area contributed by atoms with Crippen LogP contribution in [-0.4, -0.2) is 86.3 Å². The molecule has 0 saturated carbocycles. The highest BCUT2D eigenvalue weighted by molar-refractivity contribution is 5.75. The fourth-order valence-electron chi connectivity index (χ4n) is 5.79. The molecule has 2 aliphatic rings. The molecule has 10 heteroatoms. The number of ether oxygens (including phenoxy) is 1. The first-order valence-electron chi connectivity index (χ1n) is 13.9.